The minimum absolute atomic E-state index is 0.0867. The summed E-state index contributed by atoms with van der Waals surface area (Å²) in [6, 6.07) is 10.2. The van der Waals surface area contributed by atoms with E-state index in [1.807, 2.05) is 6.07 Å². The number of primary amides is 1. The first-order valence-electron chi connectivity index (χ1n) is 9.26. The highest BCUT2D eigenvalue weighted by molar-refractivity contribution is 6.00. The number of hydrogen-bond acceptors (Lipinski definition) is 4. The second-order valence-electron chi connectivity index (χ2n) is 7.00. The number of carbonyl (C=O) groups is 2. The van der Waals surface area contributed by atoms with Gasteiger partial charge in [-0.2, -0.15) is 5.10 Å². The van der Waals surface area contributed by atoms with Crippen LogP contribution in [0, 0.1) is 5.92 Å². The SMILES string of the molecule is NC(=O)C1CCN(C(=O)c2cnn3c(C(F)F)cc(-c4ccccc4)nc23)CC1. The third kappa shape index (κ3) is 3.55. The van der Waals surface area contributed by atoms with Crippen LogP contribution in [-0.2, 0) is 4.79 Å². The smallest absolute Gasteiger partial charge is 0.280 e. The number of alkyl halides is 2. The van der Waals surface area contributed by atoms with Gasteiger partial charge in [0.05, 0.1) is 11.9 Å². The van der Waals surface area contributed by atoms with E-state index in [1.165, 1.54) is 12.3 Å². The van der Waals surface area contributed by atoms with Gasteiger partial charge < -0.3 is 10.6 Å². The molecule has 0 radical (unpaired) electrons. The molecule has 7 nitrogen and oxygen atoms in total. The molecule has 0 unspecified atom stereocenters. The Kier molecular flexibility index (Phi) is 4.96. The molecular formula is C20H19F2N5O2. The maximum Gasteiger partial charge on any atom is 0.280 e. The maximum absolute atomic E-state index is 13.6. The summed E-state index contributed by atoms with van der Waals surface area (Å²) in [5, 5.41) is 3.99. The van der Waals surface area contributed by atoms with Crippen molar-refractivity contribution in [1.82, 2.24) is 19.5 Å². The zero-order valence-electron chi connectivity index (χ0n) is 15.5. The molecule has 2 aromatic heterocycles. The first-order chi connectivity index (χ1) is 14.0. The van der Waals surface area contributed by atoms with Gasteiger partial charge in [-0.25, -0.2) is 18.3 Å². The maximum atomic E-state index is 13.6. The largest absolute Gasteiger partial charge is 0.369 e. The fourth-order valence-electron chi connectivity index (χ4n) is 3.59. The number of aromatic nitrogens is 3. The number of piperidine rings is 1. The molecular weight excluding hydrogens is 380 g/mol. The van der Waals surface area contributed by atoms with Crippen molar-refractivity contribution in [3.8, 4) is 11.3 Å². The van der Waals surface area contributed by atoms with E-state index in [0.717, 1.165) is 4.52 Å². The first-order valence-corrected chi connectivity index (χ1v) is 9.26. The highest BCUT2D eigenvalue weighted by atomic mass is 19.3. The molecule has 0 saturated carbocycles. The molecule has 3 heterocycles. The number of fused-ring (bicyclic) bond motifs is 1. The summed E-state index contributed by atoms with van der Waals surface area (Å²) in [5.41, 5.74) is 6.25. The highest BCUT2D eigenvalue weighted by Crippen LogP contribution is 2.27. The first kappa shape index (κ1) is 19.0. The van der Waals surface area contributed by atoms with E-state index in [0.29, 0.717) is 37.2 Å². The van der Waals surface area contributed by atoms with E-state index in [-0.39, 0.29) is 34.6 Å². The molecule has 0 aliphatic carbocycles. The molecule has 2 amide bonds. The van der Waals surface area contributed by atoms with Gasteiger partial charge in [-0.3, -0.25) is 9.59 Å². The highest BCUT2D eigenvalue weighted by Gasteiger charge is 2.29. The van der Waals surface area contributed by atoms with Gasteiger partial charge in [0.15, 0.2) is 5.65 Å². The van der Waals surface area contributed by atoms with E-state index < -0.39 is 6.43 Å². The lowest BCUT2D eigenvalue weighted by Gasteiger charge is -2.30. The van der Waals surface area contributed by atoms with Crippen LogP contribution in [-0.4, -0.2) is 44.4 Å². The molecule has 4 rings (SSSR count). The molecule has 0 atom stereocenters. The monoisotopic (exact) mass is 399 g/mol. The predicted molar refractivity (Wildman–Crippen MR) is 101 cm³/mol. The summed E-state index contributed by atoms with van der Waals surface area (Å²) >= 11 is 0. The van der Waals surface area contributed by atoms with Crippen LogP contribution in [0.25, 0.3) is 16.9 Å². The van der Waals surface area contributed by atoms with Crippen LogP contribution in [0.1, 0.15) is 35.3 Å². The minimum Gasteiger partial charge on any atom is -0.369 e. The number of halogens is 2. The Balaban J connectivity index is 1.73. The lowest BCUT2D eigenvalue weighted by atomic mass is 9.96. The van der Waals surface area contributed by atoms with Gasteiger partial charge >= 0.3 is 0 Å². The van der Waals surface area contributed by atoms with Crippen molar-refractivity contribution in [1.29, 1.82) is 0 Å². The van der Waals surface area contributed by atoms with Crippen LogP contribution >= 0.6 is 0 Å². The molecule has 150 valence electrons. The summed E-state index contributed by atoms with van der Waals surface area (Å²) in [6.07, 6.45) is -0.556. The number of benzene rings is 1. The van der Waals surface area contributed by atoms with Crippen molar-refractivity contribution in [2.75, 3.05) is 13.1 Å². The number of rotatable bonds is 4. The van der Waals surface area contributed by atoms with Crippen LogP contribution in [0.5, 0.6) is 0 Å². The summed E-state index contributed by atoms with van der Waals surface area (Å²) < 4.78 is 28.3. The molecule has 9 heteroatoms. The fourth-order valence-corrected chi connectivity index (χ4v) is 3.59. The van der Waals surface area contributed by atoms with Gasteiger partial charge in [-0.15, -0.1) is 0 Å². The van der Waals surface area contributed by atoms with Gasteiger partial charge in [0.25, 0.3) is 12.3 Å². The Morgan fingerprint density at radius 3 is 2.45 bits per heavy atom. The van der Waals surface area contributed by atoms with Gasteiger partial charge in [0, 0.05) is 24.6 Å². The predicted octanol–water partition coefficient (Wildman–Crippen LogP) is 2.67. The second kappa shape index (κ2) is 7.57. The molecule has 1 fully saturated rings. The number of amides is 2. The standard InChI is InChI=1S/C20H19F2N5O2/c21-17(22)16-10-15(12-4-2-1-3-5-12)25-19-14(11-24-27(16)19)20(29)26-8-6-13(7-9-26)18(23)28/h1-5,10-11,13,17H,6-9H2,(H2,23,28). The van der Waals surface area contributed by atoms with Crippen molar-refractivity contribution in [3.05, 3.63) is 53.9 Å². The van der Waals surface area contributed by atoms with Crippen molar-refractivity contribution in [2.24, 2.45) is 11.7 Å². The third-order valence-electron chi connectivity index (χ3n) is 5.21. The fraction of sp³-hybridized carbons (Fsp3) is 0.300. The number of nitrogens with two attached hydrogens (primary N) is 1. The van der Waals surface area contributed by atoms with Crippen molar-refractivity contribution in [2.45, 2.75) is 19.3 Å². The van der Waals surface area contributed by atoms with Crippen LogP contribution in [0.4, 0.5) is 8.78 Å². The molecule has 1 saturated heterocycles. The number of hydrogen-bond donors (Lipinski definition) is 1. The lowest BCUT2D eigenvalue weighted by molar-refractivity contribution is -0.123. The minimum atomic E-state index is -2.78. The molecule has 1 aromatic carbocycles. The normalized spacial score (nSPS) is 15.2. The molecule has 2 N–H and O–H groups in total. The van der Waals surface area contributed by atoms with Gasteiger partial charge in [0.1, 0.15) is 11.3 Å². The molecule has 3 aromatic rings. The second-order valence-corrected chi connectivity index (χ2v) is 7.00. The van der Waals surface area contributed by atoms with Gasteiger partial charge in [-0.1, -0.05) is 30.3 Å². The van der Waals surface area contributed by atoms with Crippen LogP contribution in [0.15, 0.2) is 42.6 Å². The van der Waals surface area contributed by atoms with E-state index in [4.69, 9.17) is 5.73 Å². The molecule has 0 spiro atoms. The topological polar surface area (TPSA) is 93.6 Å². The van der Waals surface area contributed by atoms with E-state index in [9.17, 15) is 18.4 Å². The molecule has 29 heavy (non-hydrogen) atoms. The lowest BCUT2D eigenvalue weighted by Crippen LogP contribution is -2.41. The molecule has 0 bridgehead atoms. The Morgan fingerprint density at radius 2 is 1.83 bits per heavy atom. The van der Waals surface area contributed by atoms with Crippen molar-refractivity contribution >= 4 is 17.5 Å². The summed E-state index contributed by atoms with van der Waals surface area (Å²) in [5.74, 6) is -0.971. The van der Waals surface area contributed by atoms with Crippen LogP contribution in [0.2, 0.25) is 0 Å². The van der Waals surface area contributed by atoms with Gasteiger partial charge in [-0.05, 0) is 18.9 Å². The summed E-state index contributed by atoms with van der Waals surface area (Å²) in [6.45, 7) is 0.730. The average Bonchev–Trinajstić information content (AvgIpc) is 3.17. The number of carbonyl (C=O) groups excluding carboxylic acids is 2. The number of nitrogens with zero attached hydrogens (tertiary/aromatic N) is 4. The zero-order valence-corrected chi connectivity index (χ0v) is 15.5. The molecule has 1 aliphatic rings. The third-order valence-corrected chi connectivity index (χ3v) is 5.21. The Hall–Kier alpha value is -3.36. The Labute approximate surface area is 165 Å². The van der Waals surface area contributed by atoms with Crippen molar-refractivity contribution < 1.29 is 18.4 Å². The summed E-state index contributed by atoms with van der Waals surface area (Å²) in [4.78, 5) is 30.4. The van der Waals surface area contributed by atoms with E-state index in [2.05, 4.69) is 10.1 Å². The quantitative estimate of drug-likeness (QED) is 0.730. The number of likely N-dealkylation sites (tertiary alicyclic amines) is 1. The van der Waals surface area contributed by atoms with Crippen LogP contribution in [0.3, 0.4) is 0 Å². The van der Waals surface area contributed by atoms with Crippen LogP contribution < -0.4 is 5.73 Å². The summed E-state index contributed by atoms with van der Waals surface area (Å²) in [7, 11) is 0. The van der Waals surface area contributed by atoms with Gasteiger partial charge in [0.2, 0.25) is 5.91 Å². The Morgan fingerprint density at radius 1 is 1.14 bits per heavy atom. The Bertz CT molecular complexity index is 1060. The zero-order chi connectivity index (χ0) is 20.5. The average molecular weight is 399 g/mol. The molecule has 1 aliphatic heterocycles. The van der Waals surface area contributed by atoms with E-state index >= 15 is 0 Å². The van der Waals surface area contributed by atoms with Crippen molar-refractivity contribution in [3.63, 3.8) is 0 Å². The van der Waals surface area contributed by atoms with E-state index in [1.54, 1.807) is 29.2 Å².